The number of hydrogen-bond donors (Lipinski definition) is 3. The van der Waals surface area contributed by atoms with Crippen LogP contribution in [0.25, 0.3) is 16.6 Å². The summed E-state index contributed by atoms with van der Waals surface area (Å²) in [4.78, 5) is 35.0. The van der Waals surface area contributed by atoms with Crippen LogP contribution in [-0.2, 0) is 4.79 Å². The fourth-order valence-electron chi connectivity index (χ4n) is 5.63. The molecule has 4 heterocycles. The van der Waals surface area contributed by atoms with Crippen molar-refractivity contribution in [2.45, 2.75) is 38.8 Å². The average molecular weight is 494 g/mol. The van der Waals surface area contributed by atoms with Crippen molar-refractivity contribution in [2.75, 3.05) is 25.5 Å². The van der Waals surface area contributed by atoms with E-state index in [1.807, 2.05) is 12.3 Å². The Hall–Kier alpha value is -3.73. The Morgan fingerprint density at radius 1 is 1.19 bits per heavy atom. The largest absolute Gasteiger partial charge is 0.467 e. The summed E-state index contributed by atoms with van der Waals surface area (Å²) in [5.41, 5.74) is 7.65. The van der Waals surface area contributed by atoms with Gasteiger partial charge in [0.25, 0.3) is 11.8 Å². The van der Waals surface area contributed by atoms with Crippen LogP contribution >= 0.6 is 0 Å². The Morgan fingerprint density at radius 2 is 1.92 bits per heavy atom. The summed E-state index contributed by atoms with van der Waals surface area (Å²) in [5.74, 6) is 0.0763. The lowest BCUT2D eigenvalue weighted by molar-refractivity contribution is -0.147. The van der Waals surface area contributed by atoms with Crippen LogP contribution in [0.4, 0.5) is 5.69 Å². The standard InChI is InChI=1S/C25H31N7O4/c1-13-18-12-31(23(34)25(2,3)35)10-15(18)5-19(13)30-21-17(22(26)33)9-29-32-11-14(6-20(21)32)16-7-27-24(36-4)28-8-16/h6-9,11,13,15,18-19,30,35H,5,10,12H2,1-4H3,(H2,26,33)/t13-,15-,18-,19-/m1/s1. The van der Waals surface area contributed by atoms with Gasteiger partial charge in [0.15, 0.2) is 0 Å². The van der Waals surface area contributed by atoms with Crippen molar-refractivity contribution >= 4 is 23.0 Å². The van der Waals surface area contributed by atoms with E-state index in [4.69, 9.17) is 10.5 Å². The molecule has 0 bridgehead atoms. The second-order valence-corrected chi connectivity index (χ2v) is 10.4. The maximum absolute atomic E-state index is 12.6. The summed E-state index contributed by atoms with van der Waals surface area (Å²) in [5, 5.41) is 18.1. The molecule has 0 unspecified atom stereocenters. The summed E-state index contributed by atoms with van der Waals surface area (Å²) in [6.07, 6.45) is 7.51. The van der Waals surface area contributed by atoms with Crippen molar-refractivity contribution in [3.8, 4) is 17.1 Å². The molecule has 0 radical (unpaired) electrons. The van der Waals surface area contributed by atoms with Crippen molar-refractivity contribution in [3.63, 3.8) is 0 Å². The highest BCUT2D eigenvalue weighted by Crippen LogP contribution is 2.44. The zero-order chi connectivity index (χ0) is 25.8. The van der Waals surface area contributed by atoms with Crippen LogP contribution in [0, 0.1) is 17.8 Å². The van der Waals surface area contributed by atoms with Crippen LogP contribution in [0.15, 0.2) is 30.9 Å². The van der Waals surface area contributed by atoms with Gasteiger partial charge in [0, 0.05) is 48.8 Å². The number of aromatic nitrogens is 4. The Bertz CT molecular complexity index is 1310. The van der Waals surface area contributed by atoms with E-state index < -0.39 is 11.5 Å². The molecule has 2 aliphatic rings. The molecule has 3 aromatic heterocycles. The van der Waals surface area contributed by atoms with Gasteiger partial charge in [-0.2, -0.15) is 5.10 Å². The van der Waals surface area contributed by atoms with Gasteiger partial charge in [0.2, 0.25) is 0 Å². The van der Waals surface area contributed by atoms with Gasteiger partial charge in [-0.1, -0.05) is 6.92 Å². The van der Waals surface area contributed by atoms with E-state index in [0.29, 0.717) is 36.2 Å². The van der Waals surface area contributed by atoms with Crippen LogP contribution < -0.4 is 15.8 Å². The molecule has 36 heavy (non-hydrogen) atoms. The first kappa shape index (κ1) is 24.0. The molecule has 1 aliphatic carbocycles. The van der Waals surface area contributed by atoms with Crippen molar-refractivity contribution < 1.29 is 19.4 Å². The van der Waals surface area contributed by atoms with Crippen molar-refractivity contribution in [2.24, 2.45) is 23.5 Å². The number of fused-ring (bicyclic) bond motifs is 2. The highest BCUT2D eigenvalue weighted by atomic mass is 16.5. The summed E-state index contributed by atoms with van der Waals surface area (Å²) < 4.78 is 6.75. The number of hydrogen-bond acceptors (Lipinski definition) is 8. The van der Waals surface area contributed by atoms with E-state index in [0.717, 1.165) is 23.1 Å². The molecule has 2 amide bonds. The number of nitrogens with zero attached hydrogens (tertiary/aromatic N) is 5. The third-order valence-electron chi connectivity index (χ3n) is 7.55. The normalized spacial score (nSPS) is 23.6. The molecule has 5 rings (SSSR count). The first-order chi connectivity index (χ1) is 17.1. The minimum absolute atomic E-state index is 0.0892. The first-order valence-corrected chi connectivity index (χ1v) is 12.0. The number of nitrogens with one attached hydrogen (secondary N) is 1. The zero-order valence-electron chi connectivity index (χ0n) is 20.8. The Labute approximate surface area is 208 Å². The van der Waals surface area contributed by atoms with Crippen LogP contribution in [-0.4, -0.2) is 73.2 Å². The molecule has 190 valence electrons. The summed E-state index contributed by atoms with van der Waals surface area (Å²) in [6, 6.07) is 2.30. The van der Waals surface area contributed by atoms with E-state index in [1.165, 1.54) is 27.2 Å². The van der Waals surface area contributed by atoms with Crippen molar-refractivity contribution in [1.82, 2.24) is 24.5 Å². The van der Waals surface area contributed by atoms with E-state index >= 15 is 0 Å². The van der Waals surface area contributed by atoms with E-state index in [2.05, 4.69) is 27.3 Å². The number of likely N-dealkylation sites (tertiary alicyclic amines) is 1. The fraction of sp³-hybridized carbons (Fsp3) is 0.480. The van der Waals surface area contributed by atoms with Gasteiger partial charge < -0.3 is 25.8 Å². The van der Waals surface area contributed by atoms with Crippen LogP contribution in [0.1, 0.15) is 37.6 Å². The monoisotopic (exact) mass is 493 g/mol. The van der Waals surface area contributed by atoms with E-state index in [-0.39, 0.29) is 23.9 Å². The minimum Gasteiger partial charge on any atom is -0.467 e. The number of carbonyl (C=O) groups excluding carboxylic acids is 2. The lowest BCUT2D eigenvalue weighted by atomic mass is 9.93. The maximum Gasteiger partial charge on any atom is 0.316 e. The number of amides is 2. The number of aliphatic hydroxyl groups is 1. The van der Waals surface area contributed by atoms with Gasteiger partial charge in [-0.25, -0.2) is 14.5 Å². The molecule has 4 atom stereocenters. The number of carbonyl (C=O) groups is 2. The maximum atomic E-state index is 12.6. The molecule has 11 heteroatoms. The molecule has 1 saturated carbocycles. The van der Waals surface area contributed by atoms with Crippen LogP contribution in [0.2, 0.25) is 0 Å². The van der Waals surface area contributed by atoms with Gasteiger partial charge in [0.1, 0.15) is 5.60 Å². The second-order valence-electron chi connectivity index (χ2n) is 10.4. The Morgan fingerprint density at radius 3 is 2.53 bits per heavy atom. The predicted octanol–water partition coefficient (Wildman–Crippen LogP) is 1.56. The van der Waals surface area contributed by atoms with E-state index in [9.17, 15) is 14.7 Å². The van der Waals surface area contributed by atoms with Crippen molar-refractivity contribution in [1.29, 1.82) is 0 Å². The number of rotatable bonds is 6. The number of ether oxygens (including phenoxy) is 1. The third kappa shape index (κ3) is 4.13. The molecule has 4 N–H and O–H groups in total. The molecular formula is C25H31N7O4. The lowest BCUT2D eigenvalue weighted by Gasteiger charge is -2.28. The van der Waals surface area contributed by atoms with Gasteiger partial charge in [0.05, 0.1) is 30.1 Å². The van der Waals surface area contributed by atoms with Gasteiger partial charge in [-0.05, 0) is 44.1 Å². The SMILES string of the molecule is COc1ncc(-c2cc3c(N[C@@H]4C[C@@H]5CN(C(=O)C(C)(C)O)C[C@@H]5[C@H]4C)c(C(N)=O)cnn3c2)cn1. The van der Waals surface area contributed by atoms with Crippen LogP contribution in [0.3, 0.4) is 0 Å². The highest BCUT2D eigenvalue weighted by molar-refractivity contribution is 6.02. The summed E-state index contributed by atoms with van der Waals surface area (Å²) >= 11 is 0. The van der Waals surface area contributed by atoms with Crippen molar-refractivity contribution in [3.05, 3.63) is 36.4 Å². The van der Waals surface area contributed by atoms with E-state index in [1.54, 1.807) is 21.8 Å². The second kappa shape index (κ2) is 8.74. The first-order valence-electron chi connectivity index (χ1n) is 12.0. The Balaban J connectivity index is 1.42. The predicted molar refractivity (Wildman–Crippen MR) is 132 cm³/mol. The summed E-state index contributed by atoms with van der Waals surface area (Å²) in [6.45, 7) is 6.47. The highest BCUT2D eigenvalue weighted by Gasteiger charge is 2.48. The molecular weight excluding hydrogens is 462 g/mol. The quantitative estimate of drug-likeness (QED) is 0.469. The number of primary amides is 1. The minimum atomic E-state index is -1.37. The zero-order valence-corrected chi connectivity index (χ0v) is 20.8. The van der Waals surface area contributed by atoms with Crippen LogP contribution in [0.5, 0.6) is 6.01 Å². The number of methoxy groups -OCH3 is 1. The number of anilines is 1. The molecule has 0 aromatic carbocycles. The van der Waals surface area contributed by atoms with Gasteiger partial charge >= 0.3 is 6.01 Å². The van der Waals surface area contributed by atoms with Gasteiger partial charge in [-0.15, -0.1) is 0 Å². The molecule has 3 aromatic rings. The molecule has 1 saturated heterocycles. The van der Waals surface area contributed by atoms with Gasteiger partial charge in [-0.3, -0.25) is 9.59 Å². The molecule has 2 fully saturated rings. The molecule has 1 aliphatic heterocycles. The third-order valence-corrected chi connectivity index (χ3v) is 7.55. The summed E-state index contributed by atoms with van der Waals surface area (Å²) in [7, 11) is 1.51. The lowest BCUT2D eigenvalue weighted by Crippen LogP contribution is -2.45. The topological polar surface area (TPSA) is 148 Å². The Kier molecular flexibility index (Phi) is 5.82. The molecule has 0 spiro atoms. The smallest absolute Gasteiger partial charge is 0.316 e. The average Bonchev–Trinajstić information content (AvgIpc) is 3.53. The number of nitrogens with two attached hydrogens (primary N) is 1. The molecule has 11 nitrogen and oxygen atoms in total. The fourth-order valence-corrected chi connectivity index (χ4v) is 5.63.